The number of carbonyl (C=O) groups excluding carboxylic acids is 1. The van der Waals surface area contributed by atoms with Gasteiger partial charge in [-0.3, -0.25) is 0 Å². The van der Waals surface area contributed by atoms with Gasteiger partial charge >= 0.3 is 5.97 Å². The van der Waals surface area contributed by atoms with Crippen LogP contribution in [0.1, 0.15) is 16.1 Å². The number of pyridine rings is 1. The normalized spacial score (nSPS) is 10.5. The lowest BCUT2D eigenvalue weighted by Gasteiger charge is -2.03. The molecule has 3 rings (SSSR count). The molecule has 0 aliphatic heterocycles. The van der Waals surface area contributed by atoms with Crippen molar-refractivity contribution in [3.05, 3.63) is 70.2 Å². The van der Waals surface area contributed by atoms with E-state index in [1.807, 2.05) is 12.1 Å². The van der Waals surface area contributed by atoms with E-state index in [4.69, 9.17) is 32.5 Å². The van der Waals surface area contributed by atoms with Crippen LogP contribution in [0.3, 0.4) is 0 Å². The van der Waals surface area contributed by atoms with Crippen molar-refractivity contribution >= 4 is 29.2 Å². The lowest BCUT2D eigenvalue weighted by Crippen LogP contribution is -2.06. The van der Waals surface area contributed by atoms with Gasteiger partial charge in [0.15, 0.2) is 12.4 Å². The predicted molar refractivity (Wildman–Crippen MR) is 85.3 cm³/mol. The topological polar surface area (TPSA) is 65.2 Å². The van der Waals surface area contributed by atoms with Gasteiger partial charge in [0.05, 0.1) is 5.56 Å². The summed E-state index contributed by atoms with van der Waals surface area (Å²) in [7, 11) is 0. The smallest absolute Gasteiger partial charge is 0.341 e. The van der Waals surface area contributed by atoms with Gasteiger partial charge in [-0.05, 0) is 24.3 Å². The maximum atomic E-state index is 11.9. The number of aromatic nitrogens is 2. The van der Waals surface area contributed by atoms with Crippen LogP contribution in [0.25, 0.3) is 11.3 Å². The van der Waals surface area contributed by atoms with Gasteiger partial charge < -0.3 is 9.26 Å². The minimum atomic E-state index is -0.576. The highest BCUT2D eigenvalue weighted by molar-refractivity contribution is 6.32. The zero-order valence-corrected chi connectivity index (χ0v) is 13.2. The van der Waals surface area contributed by atoms with E-state index in [-0.39, 0.29) is 17.3 Å². The molecule has 7 heteroatoms. The molecule has 0 bridgehead atoms. The summed E-state index contributed by atoms with van der Waals surface area (Å²) in [6.07, 6.45) is 1.49. The summed E-state index contributed by atoms with van der Waals surface area (Å²) in [4.78, 5) is 15.8. The monoisotopic (exact) mass is 348 g/mol. The Morgan fingerprint density at radius 3 is 2.70 bits per heavy atom. The molecular weight excluding hydrogens is 339 g/mol. The van der Waals surface area contributed by atoms with Crippen LogP contribution in [0.15, 0.2) is 53.2 Å². The molecule has 0 radical (unpaired) electrons. The highest BCUT2D eigenvalue weighted by Gasteiger charge is 2.14. The zero-order chi connectivity index (χ0) is 16.2. The molecular formula is C16H10Cl2N2O3. The third-order valence-corrected chi connectivity index (χ3v) is 3.58. The Balaban J connectivity index is 1.67. The van der Waals surface area contributed by atoms with Crippen molar-refractivity contribution in [3.8, 4) is 11.3 Å². The summed E-state index contributed by atoms with van der Waals surface area (Å²) in [5.41, 5.74) is 1.68. The lowest BCUT2D eigenvalue weighted by atomic mass is 10.1. The molecule has 23 heavy (non-hydrogen) atoms. The molecule has 3 aromatic rings. The number of ether oxygens (including phenoxy) is 1. The summed E-state index contributed by atoms with van der Waals surface area (Å²) < 4.78 is 10.3. The van der Waals surface area contributed by atoms with Crippen molar-refractivity contribution in [3.63, 3.8) is 0 Å². The predicted octanol–water partition coefficient (Wildman–Crippen LogP) is 4.40. The zero-order valence-electron chi connectivity index (χ0n) is 11.7. The molecule has 0 aliphatic carbocycles. The van der Waals surface area contributed by atoms with E-state index in [2.05, 4.69) is 10.1 Å². The van der Waals surface area contributed by atoms with E-state index in [9.17, 15) is 4.79 Å². The van der Waals surface area contributed by atoms with Gasteiger partial charge in [-0.25, -0.2) is 9.78 Å². The minimum absolute atomic E-state index is 0.0509. The average Bonchev–Trinajstić information content (AvgIpc) is 3.03. The third kappa shape index (κ3) is 3.70. The molecule has 2 aromatic heterocycles. The number of carbonyl (C=O) groups is 1. The SMILES string of the molecule is O=C(OCc1cc(-c2ccc(Cl)cc2)no1)c1cccnc1Cl. The summed E-state index contributed by atoms with van der Waals surface area (Å²) in [5, 5.41) is 4.67. The van der Waals surface area contributed by atoms with Crippen LogP contribution >= 0.6 is 23.2 Å². The lowest BCUT2D eigenvalue weighted by molar-refractivity contribution is 0.0437. The first-order chi connectivity index (χ1) is 11.1. The maximum Gasteiger partial charge on any atom is 0.341 e. The standard InChI is InChI=1S/C16H10Cl2N2O3/c17-11-5-3-10(4-6-11)14-8-12(23-20-14)9-22-16(21)13-2-1-7-19-15(13)18/h1-8H,9H2. The van der Waals surface area contributed by atoms with E-state index < -0.39 is 5.97 Å². The Bertz CT molecular complexity index is 831. The second-order valence-corrected chi connectivity index (χ2v) is 5.40. The van der Waals surface area contributed by atoms with Crippen molar-refractivity contribution in [1.82, 2.24) is 10.1 Å². The molecule has 0 atom stereocenters. The van der Waals surface area contributed by atoms with Gasteiger partial charge in [0.1, 0.15) is 10.8 Å². The molecule has 0 fully saturated rings. The maximum absolute atomic E-state index is 11.9. The number of benzene rings is 1. The number of hydrogen-bond donors (Lipinski definition) is 0. The fourth-order valence-corrected chi connectivity index (χ4v) is 2.21. The Kier molecular flexibility index (Phi) is 4.60. The Hall–Kier alpha value is -2.37. The van der Waals surface area contributed by atoms with E-state index in [0.29, 0.717) is 16.5 Å². The van der Waals surface area contributed by atoms with Crippen LogP contribution in [0, 0.1) is 0 Å². The highest BCUT2D eigenvalue weighted by Crippen LogP contribution is 2.22. The van der Waals surface area contributed by atoms with Crippen LogP contribution in [0.5, 0.6) is 0 Å². The summed E-state index contributed by atoms with van der Waals surface area (Å²) in [5.74, 6) is -0.157. The number of halogens is 2. The molecule has 0 N–H and O–H groups in total. The van der Waals surface area contributed by atoms with Gasteiger partial charge in [0.25, 0.3) is 0 Å². The van der Waals surface area contributed by atoms with E-state index in [1.165, 1.54) is 12.3 Å². The van der Waals surface area contributed by atoms with Crippen LogP contribution in [-0.4, -0.2) is 16.1 Å². The minimum Gasteiger partial charge on any atom is -0.454 e. The fourth-order valence-electron chi connectivity index (χ4n) is 1.89. The Labute approximate surface area is 141 Å². The van der Waals surface area contributed by atoms with E-state index in [1.54, 1.807) is 24.3 Å². The molecule has 2 heterocycles. The summed E-state index contributed by atoms with van der Waals surface area (Å²) in [6, 6.07) is 12.0. The first-order valence-electron chi connectivity index (χ1n) is 6.62. The quantitative estimate of drug-likeness (QED) is 0.516. The van der Waals surface area contributed by atoms with Crippen molar-refractivity contribution in [2.75, 3.05) is 0 Å². The Morgan fingerprint density at radius 2 is 1.96 bits per heavy atom. The average molecular weight is 349 g/mol. The van der Waals surface area contributed by atoms with E-state index in [0.717, 1.165) is 5.56 Å². The van der Waals surface area contributed by atoms with Gasteiger partial charge in [-0.1, -0.05) is 40.5 Å². The van der Waals surface area contributed by atoms with Gasteiger partial charge in [0.2, 0.25) is 0 Å². The van der Waals surface area contributed by atoms with E-state index >= 15 is 0 Å². The van der Waals surface area contributed by atoms with Crippen LogP contribution in [0.4, 0.5) is 0 Å². The first-order valence-corrected chi connectivity index (χ1v) is 7.38. The van der Waals surface area contributed by atoms with Gasteiger partial charge in [-0.2, -0.15) is 0 Å². The number of hydrogen-bond acceptors (Lipinski definition) is 5. The molecule has 0 unspecified atom stereocenters. The molecule has 0 spiro atoms. The van der Waals surface area contributed by atoms with Crippen LogP contribution in [-0.2, 0) is 11.3 Å². The first kappa shape index (κ1) is 15.5. The van der Waals surface area contributed by atoms with Crippen LogP contribution in [0.2, 0.25) is 10.2 Å². The fraction of sp³-hybridized carbons (Fsp3) is 0.0625. The molecule has 0 aliphatic rings. The van der Waals surface area contributed by atoms with Crippen molar-refractivity contribution in [2.24, 2.45) is 0 Å². The van der Waals surface area contributed by atoms with Crippen molar-refractivity contribution < 1.29 is 14.1 Å². The summed E-state index contributed by atoms with van der Waals surface area (Å²) in [6.45, 7) is -0.0509. The van der Waals surface area contributed by atoms with Crippen molar-refractivity contribution in [2.45, 2.75) is 6.61 Å². The molecule has 0 amide bonds. The number of rotatable bonds is 4. The Morgan fingerprint density at radius 1 is 1.17 bits per heavy atom. The second kappa shape index (κ2) is 6.81. The van der Waals surface area contributed by atoms with Gasteiger partial charge in [0, 0.05) is 22.8 Å². The third-order valence-electron chi connectivity index (χ3n) is 3.02. The van der Waals surface area contributed by atoms with Crippen LogP contribution < -0.4 is 0 Å². The van der Waals surface area contributed by atoms with Gasteiger partial charge in [-0.15, -0.1) is 0 Å². The largest absolute Gasteiger partial charge is 0.454 e. The summed E-state index contributed by atoms with van der Waals surface area (Å²) >= 11 is 11.7. The molecule has 116 valence electrons. The second-order valence-electron chi connectivity index (χ2n) is 4.60. The molecule has 0 saturated carbocycles. The highest BCUT2D eigenvalue weighted by atomic mass is 35.5. The molecule has 5 nitrogen and oxygen atoms in total. The number of esters is 1. The molecule has 1 aromatic carbocycles. The molecule has 0 saturated heterocycles. The number of nitrogens with zero attached hydrogens (tertiary/aromatic N) is 2. The van der Waals surface area contributed by atoms with Crippen molar-refractivity contribution in [1.29, 1.82) is 0 Å².